The van der Waals surface area contributed by atoms with Crippen LogP contribution >= 0.6 is 11.3 Å². The van der Waals surface area contributed by atoms with Crippen LogP contribution < -0.4 is 0 Å². The van der Waals surface area contributed by atoms with Crippen LogP contribution in [0.3, 0.4) is 0 Å². The Morgan fingerprint density at radius 1 is 1.16 bits per heavy atom. The number of aromatic nitrogens is 2. The predicted molar refractivity (Wildman–Crippen MR) is 76.3 cm³/mol. The Bertz CT molecular complexity index is 671. The van der Waals surface area contributed by atoms with E-state index in [4.69, 9.17) is 0 Å². The number of nitrogens with zero attached hydrogens (tertiary/aromatic N) is 2. The quantitative estimate of drug-likeness (QED) is 0.679. The standard InChI is InChI=1S/C15H12N2OS/c18-13(12-5-2-1-3-6-12)11-17-9-8-16-15(17)14-7-4-10-19-14/h1-10H,11H2. The molecule has 0 aliphatic carbocycles. The highest BCUT2D eigenvalue weighted by Gasteiger charge is 2.11. The van der Waals surface area contributed by atoms with E-state index in [0.29, 0.717) is 6.54 Å². The molecular weight excluding hydrogens is 256 g/mol. The number of Topliss-reactive ketones (excluding diaryl/α,β-unsaturated/α-hetero) is 1. The molecule has 0 aliphatic rings. The molecule has 94 valence electrons. The van der Waals surface area contributed by atoms with Crippen LogP contribution in [-0.4, -0.2) is 15.3 Å². The summed E-state index contributed by atoms with van der Waals surface area (Å²) in [7, 11) is 0. The second kappa shape index (κ2) is 5.20. The third-order valence-electron chi connectivity index (χ3n) is 2.87. The summed E-state index contributed by atoms with van der Waals surface area (Å²) in [6.45, 7) is 0.317. The van der Waals surface area contributed by atoms with Crippen molar-refractivity contribution in [2.75, 3.05) is 0 Å². The van der Waals surface area contributed by atoms with Gasteiger partial charge >= 0.3 is 0 Å². The van der Waals surface area contributed by atoms with E-state index in [2.05, 4.69) is 4.98 Å². The Hall–Kier alpha value is -2.20. The summed E-state index contributed by atoms with van der Waals surface area (Å²) < 4.78 is 1.89. The maximum Gasteiger partial charge on any atom is 0.182 e. The Morgan fingerprint density at radius 3 is 2.74 bits per heavy atom. The van der Waals surface area contributed by atoms with Gasteiger partial charge in [0.05, 0.1) is 11.4 Å². The van der Waals surface area contributed by atoms with Gasteiger partial charge in [0, 0.05) is 18.0 Å². The van der Waals surface area contributed by atoms with E-state index in [1.54, 1.807) is 17.5 Å². The van der Waals surface area contributed by atoms with Crippen LogP contribution in [0.5, 0.6) is 0 Å². The van der Waals surface area contributed by atoms with Crippen molar-refractivity contribution in [1.82, 2.24) is 9.55 Å². The molecule has 0 saturated heterocycles. The van der Waals surface area contributed by atoms with Gasteiger partial charge in [-0.1, -0.05) is 36.4 Å². The molecule has 3 rings (SSSR count). The number of carbonyl (C=O) groups excluding carboxylic acids is 1. The van der Waals surface area contributed by atoms with Crippen LogP contribution in [-0.2, 0) is 6.54 Å². The van der Waals surface area contributed by atoms with E-state index in [0.717, 1.165) is 16.3 Å². The Morgan fingerprint density at radius 2 is 2.00 bits per heavy atom. The van der Waals surface area contributed by atoms with Crippen molar-refractivity contribution in [2.24, 2.45) is 0 Å². The summed E-state index contributed by atoms with van der Waals surface area (Å²) in [4.78, 5) is 17.6. The largest absolute Gasteiger partial charge is 0.323 e. The van der Waals surface area contributed by atoms with Gasteiger partial charge in [0.25, 0.3) is 0 Å². The molecule has 19 heavy (non-hydrogen) atoms. The van der Waals surface area contributed by atoms with Crippen molar-refractivity contribution in [1.29, 1.82) is 0 Å². The van der Waals surface area contributed by atoms with E-state index in [1.807, 2.05) is 58.6 Å². The number of hydrogen-bond donors (Lipinski definition) is 0. The summed E-state index contributed by atoms with van der Waals surface area (Å²) in [5.41, 5.74) is 0.730. The topological polar surface area (TPSA) is 34.9 Å². The minimum absolute atomic E-state index is 0.0939. The summed E-state index contributed by atoms with van der Waals surface area (Å²) in [5, 5.41) is 2.01. The number of carbonyl (C=O) groups is 1. The normalized spacial score (nSPS) is 10.5. The van der Waals surface area contributed by atoms with Crippen molar-refractivity contribution in [3.05, 3.63) is 65.8 Å². The van der Waals surface area contributed by atoms with E-state index in [-0.39, 0.29) is 5.78 Å². The van der Waals surface area contributed by atoms with E-state index >= 15 is 0 Å². The molecule has 4 heteroatoms. The molecule has 2 aromatic heterocycles. The molecule has 0 spiro atoms. The average Bonchev–Trinajstić information content (AvgIpc) is 3.10. The van der Waals surface area contributed by atoms with Crippen LogP contribution in [0, 0.1) is 0 Å². The second-order valence-electron chi connectivity index (χ2n) is 4.15. The fourth-order valence-electron chi connectivity index (χ4n) is 1.94. The van der Waals surface area contributed by atoms with E-state index < -0.39 is 0 Å². The van der Waals surface area contributed by atoms with Crippen LogP contribution in [0.15, 0.2) is 60.2 Å². The van der Waals surface area contributed by atoms with Gasteiger partial charge in [-0.3, -0.25) is 4.79 Å². The summed E-state index contributed by atoms with van der Waals surface area (Å²) in [5.74, 6) is 0.940. The number of benzene rings is 1. The number of hydrogen-bond acceptors (Lipinski definition) is 3. The minimum Gasteiger partial charge on any atom is -0.323 e. The van der Waals surface area contributed by atoms with E-state index in [9.17, 15) is 4.79 Å². The van der Waals surface area contributed by atoms with Crippen molar-refractivity contribution in [3.63, 3.8) is 0 Å². The molecule has 2 heterocycles. The molecule has 0 N–H and O–H groups in total. The van der Waals surface area contributed by atoms with Crippen LogP contribution in [0.1, 0.15) is 10.4 Å². The van der Waals surface area contributed by atoms with Crippen molar-refractivity contribution in [2.45, 2.75) is 6.54 Å². The van der Waals surface area contributed by atoms with Crippen LogP contribution in [0.2, 0.25) is 0 Å². The van der Waals surface area contributed by atoms with Crippen LogP contribution in [0.25, 0.3) is 10.7 Å². The fourth-order valence-corrected chi connectivity index (χ4v) is 2.67. The molecular formula is C15H12N2OS. The van der Waals surface area contributed by atoms with Crippen molar-refractivity contribution in [3.8, 4) is 10.7 Å². The zero-order valence-electron chi connectivity index (χ0n) is 10.2. The number of thiophene rings is 1. The molecule has 0 saturated carbocycles. The van der Waals surface area contributed by atoms with Crippen molar-refractivity contribution >= 4 is 17.1 Å². The lowest BCUT2D eigenvalue weighted by Crippen LogP contribution is -2.10. The highest BCUT2D eigenvalue weighted by Crippen LogP contribution is 2.23. The van der Waals surface area contributed by atoms with Gasteiger partial charge in [0.15, 0.2) is 5.78 Å². The lowest BCUT2D eigenvalue weighted by Gasteiger charge is -2.05. The molecule has 0 aliphatic heterocycles. The van der Waals surface area contributed by atoms with Gasteiger partial charge in [-0.05, 0) is 11.4 Å². The smallest absolute Gasteiger partial charge is 0.182 e. The van der Waals surface area contributed by atoms with Gasteiger partial charge in [-0.2, -0.15) is 0 Å². The maximum atomic E-state index is 12.2. The van der Waals surface area contributed by atoms with Crippen LogP contribution in [0.4, 0.5) is 0 Å². The fraction of sp³-hybridized carbons (Fsp3) is 0.0667. The van der Waals surface area contributed by atoms with Gasteiger partial charge in [-0.25, -0.2) is 4.98 Å². The first kappa shape index (κ1) is 11.9. The summed E-state index contributed by atoms with van der Waals surface area (Å²) in [6.07, 6.45) is 3.57. The first-order valence-corrected chi connectivity index (χ1v) is 6.86. The number of imidazole rings is 1. The highest BCUT2D eigenvalue weighted by atomic mass is 32.1. The van der Waals surface area contributed by atoms with E-state index in [1.165, 1.54) is 0 Å². The lowest BCUT2D eigenvalue weighted by atomic mass is 10.1. The zero-order valence-corrected chi connectivity index (χ0v) is 11.0. The van der Waals surface area contributed by atoms with Crippen molar-refractivity contribution < 1.29 is 4.79 Å². The van der Waals surface area contributed by atoms with Gasteiger partial charge < -0.3 is 4.57 Å². The molecule has 0 radical (unpaired) electrons. The van der Waals surface area contributed by atoms with Gasteiger partial charge in [-0.15, -0.1) is 11.3 Å². The molecule has 1 aromatic carbocycles. The monoisotopic (exact) mass is 268 g/mol. The molecule has 3 aromatic rings. The lowest BCUT2D eigenvalue weighted by molar-refractivity contribution is 0.0972. The number of ketones is 1. The summed E-state index contributed by atoms with van der Waals surface area (Å²) >= 11 is 1.62. The molecule has 0 fully saturated rings. The first-order chi connectivity index (χ1) is 9.34. The number of rotatable bonds is 4. The average molecular weight is 268 g/mol. The first-order valence-electron chi connectivity index (χ1n) is 5.98. The predicted octanol–water partition coefficient (Wildman–Crippen LogP) is 3.49. The minimum atomic E-state index is 0.0939. The zero-order chi connectivity index (χ0) is 13.1. The van der Waals surface area contributed by atoms with Gasteiger partial charge in [0.1, 0.15) is 5.82 Å². The Kier molecular flexibility index (Phi) is 3.25. The maximum absolute atomic E-state index is 12.2. The third kappa shape index (κ3) is 2.48. The SMILES string of the molecule is O=C(Cn1ccnc1-c1cccs1)c1ccccc1. The molecule has 0 amide bonds. The highest BCUT2D eigenvalue weighted by molar-refractivity contribution is 7.13. The Balaban J connectivity index is 1.85. The Labute approximate surface area is 115 Å². The molecule has 0 atom stereocenters. The second-order valence-corrected chi connectivity index (χ2v) is 5.09. The third-order valence-corrected chi connectivity index (χ3v) is 3.73. The molecule has 3 nitrogen and oxygen atoms in total. The van der Waals surface area contributed by atoms with Gasteiger partial charge in [0.2, 0.25) is 0 Å². The molecule has 0 unspecified atom stereocenters. The summed E-state index contributed by atoms with van der Waals surface area (Å²) in [6, 6.07) is 13.3. The molecule has 0 bridgehead atoms.